The Hall–Kier alpha value is -1.23. The zero-order valence-electron chi connectivity index (χ0n) is 10.0. The van der Waals surface area contributed by atoms with Crippen LogP contribution in [0.5, 0.6) is 0 Å². The molecule has 0 radical (unpaired) electrons. The van der Waals surface area contributed by atoms with E-state index in [1.165, 1.54) is 0 Å². The number of hydrogen-bond donors (Lipinski definition) is 2. The summed E-state index contributed by atoms with van der Waals surface area (Å²) in [6.07, 6.45) is 0. The second-order valence-electron chi connectivity index (χ2n) is 4.17. The minimum atomic E-state index is -3.32. The molecule has 0 atom stereocenters. The SMILES string of the molecule is Cc1ccc(N)c(C)c1NS(=O)(=O)C(C)C. The van der Waals surface area contributed by atoms with Gasteiger partial charge in [-0.3, -0.25) is 4.72 Å². The van der Waals surface area contributed by atoms with Crippen molar-refractivity contribution in [2.24, 2.45) is 0 Å². The fourth-order valence-electron chi connectivity index (χ4n) is 1.28. The lowest BCUT2D eigenvalue weighted by atomic mass is 10.1. The van der Waals surface area contributed by atoms with Gasteiger partial charge in [-0.1, -0.05) is 6.07 Å². The predicted molar refractivity (Wildman–Crippen MR) is 68.0 cm³/mol. The molecule has 90 valence electrons. The smallest absolute Gasteiger partial charge is 0.235 e. The molecule has 0 aliphatic heterocycles. The molecule has 16 heavy (non-hydrogen) atoms. The molecule has 0 amide bonds. The first kappa shape index (κ1) is 12.8. The Labute approximate surface area is 96.9 Å². The van der Waals surface area contributed by atoms with E-state index in [1.54, 1.807) is 32.9 Å². The van der Waals surface area contributed by atoms with Crippen molar-refractivity contribution in [2.75, 3.05) is 10.5 Å². The van der Waals surface area contributed by atoms with Crippen LogP contribution in [0, 0.1) is 13.8 Å². The number of hydrogen-bond acceptors (Lipinski definition) is 3. The lowest BCUT2D eigenvalue weighted by molar-refractivity contribution is 0.592. The number of nitrogens with one attached hydrogen (secondary N) is 1. The van der Waals surface area contributed by atoms with Gasteiger partial charge in [-0.25, -0.2) is 8.42 Å². The maximum Gasteiger partial charge on any atom is 0.235 e. The van der Waals surface area contributed by atoms with E-state index < -0.39 is 15.3 Å². The number of aryl methyl sites for hydroxylation is 1. The van der Waals surface area contributed by atoms with Crippen molar-refractivity contribution in [2.45, 2.75) is 32.9 Å². The molecule has 0 aromatic heterocycles. The molecule has 0 bridgehead atoms. The van der Waals surface area contributed by atoms with Crippen molar-refractivity contribution in [3.63, 3.8) is 0 Å². The van der Waals surface area contributed by atoms with Crippen LogP contribution < -0.4 is 10.5 Å². The van der Waals surface area contributed by atoms with Gasteiger partial charge in [0.1, 0.15) is 0 Å². The van der Waals surface area contributed by atoms with Crippen LogP contribution in [0.15, 0.2) is 12.1 Å². The van der Waals surface area contributed by atoms with Gasteiger partial charge in [0, 0.05) is 5.69 Å². The van der Waals surface area contributed by atoms with Crippen LogP contribution in [-0.4, -0.2) is 13.7 Å². The van der Waals surface area contributed by atoms with Crippen LogP contribution in [0.4, 0.5) is 11.4 Å². The van der Waals surface area contributed by atoms with Crippen LogP contribution in [0.1, 0.15) is 25.0 Å². The minimum absolute atomic E-state index is 0.465. The third kappa shape index (κ3) is 2.47. The van der Waals surface area contributed by atoms with E-state index >= 15 is 0 Å². The first-order valence-electron chi connectivity index (χ1n) is 5.13. The summed E-state index contributed by atoms with van der Waals surface area (Å²) in [6.45, 7) is 6.93. The predicted octanol–water partition coefficient (Wildman–Crippen LogP) is 2.04. The second kappa shape index (κ2) is 4.33. The van der Waals surface area contributed by atoms with Gasteiger partial charge >= 0.3 is 0 Å². The highest BCUT2D eigenvalue weighted by atomic mass is 32.2. The molecular formula is C11H18N2O2S. The number of rotatable bonds is 3. The van der Waals surface area contributed by atoms with E-state index in [0.29, 0.717) is 11.4 Å². The maximum absolute atomic E-state index is 11.8. The summed E-state index contributed by atoms with van der Waals surface area (Å²) >= 11 is 0. The Morgan fingerprint density at radius 3 is 2.31 bits per heavy atom. The van der Waals surface area contributed by atoms with Crippen LogP contribution in [0.25, 0.3) is 0 Å². The third-order valence-electron chi connectivity index (χ3n) is 2.58. The summed E-state index contributed by atoms with van der Waals surface area (Å²) < 4.78 is 26.1. The summed E-state index contributed by atoms with van der Waals surface area (Å²) in [6, 6.07) is 3.58. The summed E-state index contributed by atoms with van der Waals surface area (Å²) in [4.78, 5) is 0. The number of nitrogens with two attached hydrogens (primary N) is 1. The topological polar surface area (TPSA) is 72.2 Å². The lowest BCUT2D eigenvalue weighted by Crippen LogP contribution is -2.23. The highest BCUT2D eigenvalue weighted by Gasteiger charge is 2.18. The molecule has 0 spiro atoms. The van der Waals surface area contributed by atoms with Crippen molar-refractivity contribution in [3.05, 3.63) is 23.3 Å². The average molecular weight is 242 g/mol. The van der Waals surface area contributed by atoms with Gasteiger partial charge in [0.25, 0.3) is 0 Å². The molecule has 0 unspecified atom stereocenters. The van der Waals surface area contributed by atoms with Crippen molar-refractivity contribution < 1.29 is 8.42 Å². The second-order valence-corrected chi connectivity index (χ2v) is 6.40. The molecule has 0 saturated carbocycles. The Morgan fingerprint density at radius 1 is 1.25 bits per heavy atom. The van der Waals surface area contributed by atoms with Crippen molar-refractivity contribution in [3.8, 4) is 0 Å². The zero-order valence-corrected chi connectivity index (χ0v) is 10.9. The minimum Gasteiger partial charge on any atom is -0.398 e. The van der Waals surface area contributed by atoms with E-state index in [2.05, 4.69) is 4.72 Å². The summed E-state index contributed by atoms with van der Waals surface area (Å²) in [7, 11) is -3.32. The normalized spacial score (nSPS) is 11.8. The van der Waals surface area contributed by atoms with Crippen LogP contribution in [-0.2, 0) is 10.0 Å². The molecule has 1 aromatic carbocycles. The van der Waals surface area contributed by atoms with Gasteiger partial charge in [-0.2, -0.15) is 0 Å². The highest BCUT2D eigenvalue weighted by Crippen LogP contribution is 2.26. The van der Waals surface area contributed by atoms with Crippen LogP contribution in [0.2, 0.25) is 0 Å². The Bertz CT molecular complexity index is 493. The number of anilines is 2. The fourth-order valence-corrected chi connectivity index (χ4v) is 2.11. The van der Waals surface area contributed by atoms with Crippen molar-refractivity contribution in [1.82, 2.24) is 0 Å². The molecular weight excluding hydrogens is 224 g/mol. The molecule has 0 heterocycles. The number of nitrogen functional groups attached to an aromatic ring is 1. The molecule has 3 N–H and O–H groups in total. The molecule has 4 nitrogen and oxygen atoms in total. The van der Waals surface area contributed by atoms with Gasteiger partial charge in [0.2, 0.25) is 10.0 Å². The first-order chi connectivity index (χ1) is 7.25. The standard InChI is InChI=1S/C11H18N2O2S/c1-7(2)16(14,15)13-11-8(3)5-6-10(12)9(11)4/h5-7,13H,12H2,1-4H3. The van der Waals surface area contributed by atoms with E-state index in [1.807, 2.05) is 6.92 Å². The highest BCUT2D eigenvalue weighted by molar-refractivity contribution is 7.93. The summed E-state index contributed by atoms with van der Waals surface area (Å²) in [5.41, 5.74) is 8.57. The van der Waals surface area contributed by atoms with Gasteiger partial charge in [-0.15, -0.1) is 0 Å². The maximum atomic E-state index is 11.8. The van der Waals surface area contributed by atoms with Gasteiger partial charge in [0.05, 0.1) is 10.9 Å². The molecule has 0 aliphatic carbocycles. The molecule has 1 rings (SSSR count). The van der Waals surface area contributed by atoms with E-state index in [4.69, 9.17) is 5.73 Å². The van der Waals surface area contributed by atoms with Crippen LogP contribution >= 0.6 is 0 Å². The Kier molecular flexibility index (Phi) is 3.48. The van der Waals surface area contributed by atoms with Gasteiger partial charge in [-0.05, 0) is 44.9 Å². The molecule has 0 fully saturated rings. The van der Waals surface area contributed by atoms with E-state index in [9.17, 15) is 8.42 Å². The Balaban J connectivity index is 3.21. The summed E-state index contributed by atoms with van der Waals surface area (Å²) in [5, 5.41) is -0.465. The Morgan fingerprint density at radius 2 is 1.81 bits per heavy atom. The van der Waals surface area contributed by atoms with E-state index in [-0.39, 0.29) is 0 Å². The molecule has 0 aliphatic rings. The summed E-state index contributed by atoms with van der Waals surface area (Å²) in [5.74, 6) is 0. The van der Waals surface area contributed by atoms with Crippen molar-refractivity contribution >= 4 is 21.4 Å². The van der Waals surface area contributed by atoms with Crippen molar-refractivity contribution in [1.29, 1.82) is 0 Å². The fraction of sp³-hybridized carbons (Fsp3) is 0.455. The van der Waals surface area contributed by atoms with Gasteiger partial charge in [0.15, 0.2) is 0 Å². The van der Waals surface area contributed by atoms with E-state index in [0.717, 1.165) is 11.1 Å². The first-order valence-corrected chi connectivity index (χ1v) is 6.67. The number of sulfonamides is 1. The van der Waals surface area contributed by atoms with Crippen LogP contribution in [0.3, 0.4) is 0 Å². The molecule has 5 heteroatoms. The lowest BCUT2D eigenvalue weighted by Gasteiger charge is -2.16. The average Bonchev–Trinajstić information content (AvgIpc) is 2.18. The molecule has 1 aromatic rings. The zero-order chi connectivity index (χ0) is 12.5. The third-order valence-corrected chi connectivity index (χ3v) is 4.31. The van der Waals surface area contributed by atoms with Gasteiger partial charge < -0.3 is 5.73 Å². The largest absolute Gasteiger partial charge is 0.398 e. The monoisotopic (exact) mass is 242 g/mol. The quantitative estimate of drug-likeness (QED) is 0.797. The number of benzene rings is 1. The molecule has 0 saturated heterocycles.